The van der Waals surface area contributed by atoms with Crippen molar-refractivity contribution in [3.63, 3.8) is 0 Å². The van der Waals surface area contributed by atoms with Crippen molar-refractivity contribution in [1.82, 2.24) is 4.90 Å². The van der Waals surface area contributed by atoms with Gasteiger partial charge in [0.25, 0.3) is 0 Å². The lowest BCUT2D eigenvalue weighted by atomic mass is 9.94. The zero-order chi connectivity index (χ0) is 19.0. The van der Waals surface area contributed by atoms with Crippen molar-refractivity contribution < 1.29 is 14.3 Å². The third-order valence-electron chi connectivity index (χ3n) is 4.90. The summed E-state index contributed by atoms with van der Waals surface area (Å²) in [6, 6.07) is 13.4. The van der Waals surface area contributed by atoms with E-state index in [0.29, 0.717) is 35.2 Å². The van der Waals surface area contributed by atoms with Crippen LogP contribution in [0.4, 0.5) is 0 Å². The van der Waals surface area contributed by atoms with Gasteiger partial charge in [-0.3, -0.25) is 9.79 Å². The van der Waals surface area contributed by atoms with Crippen LogP contribution in [0.25, 0.3) is 5.70 Å². The van der Waals surface area contributed by atoms with Crippen molar-refractivity contribution in [1.29, 1.82) is 0 Å². The van der Waals surface area contributed by atoms with E-state index in [2.05, 4.69) is 4.99 Å². The van der Waals surface area contributed by atoms with Gasteiger partial charge in [-0.25, -0.2) is 0 Å². The number of amides is 1. The average molecular weight is 383 g/mol. The molecule has 138 valence electrons. The van der Waals surface area contributed by atoms with Crippen LogP contribution in [-0.2, 0) is 11.2 Å². The van der Waals surface area contributed by atoms with Crippen LogP contribution >= 0.6 is 11.6 Å². The Balaban J connectivity index is 1.92. The van der Waals surface area contributed by atoms with E-state index in [-0.39, 0.29) is 12.5 Å². The quantitative estimate of drug-likeness (QED) is 0.816. The van der Waals surface area contributed by atoms with E-state index in [0.717, 1.165) is 22.4 Å². The Hall–Kier alpha value is -2.79. The molecule has 0 saturated heterocycles. The molecule has 0 saturated carbocycles. The molecule has 0 atom stereocenters. The van der Waals surface area contributed by atoms with Gasteiger partial charge in [-0.15, -0.1) is 0 Å². The fourth-order valence-electron chi connectivity index (χ4n) is 3.61. The van der Waals surface area contributed by atoms with Crippen molar-refractivity contribution in [2.45, 2.75) is 6.42 Å². The standard InChI is InChI=1S/C21H19ClN2O3/c1-26-14-6-3-5-13(11-14)20-19(22)21-16-7-4-8-17(27-2)15(16)9-10-24(21)18(25)12-23-20/h3-8,11H,9-10,12H2,1-2H3. The molecule has 0 spiro atoms. The fourth-order valence-corrected chi connectivity index (χ4v) is 3.98. The number of carbonyl (C=O) groups excluding carboxylic acids is 1. The zero-order valence-corrected chi connectivity index (χ0v) is 15.9. The molecule has 0 radical (unpaired) electrons. The molecule has 0 bridgehead atoms. The molecule has 0 aromatic heterocycles. The van der Waals surface area contributed by atoms with Gasteiger partial charge in [-0.1, -0.05) is 35.9 Å². The lowest BCUT2D eigenvalue weighted by Gasteiger charge is -2.32. The summed E-state index contributed by atoms with van der Waals surface area (Å²) in [4.78, 5) is 19.0. The molecule has 27 heavy (non-hydrogen) atoms. The summed E-state index contributed by atoms with van der Waals surface area (Å²) < 4.78 is 10.8. The first-order valence-electron chi connectivity index (χ1n) is 8.69. The highest BCUT2D eigenvalue weighted by Gasteiger charge is 2.33. The smallest absolute Gasteiger partial charge is 0.248 e. The third-order valence-corrected chi connectivity index (χ3v) is 5.25. The molecule has 2 aromatic rings. The van der Waals surface area contributed by atoms with Crippen molar-refractivity contribution in [3.05, 3.63) is 64.2 Å². The van der Waals surface area contributed by atoms with Gasteiger partial charge in [-0.2, -0.15) is 0 Å². The largest absolute Gasteiger partial charge is 0.497 e. The van der Waals surface area contributed by atoms with Crippen molar-refractivity contribution in [2.24, 2.45) is 4.99 Å². The normalized spacial score (nSPS) is 16.3. The number of ether oxygens (including phenoxy) is 2. The van der Waals surface area contributed by atoms with Gasteiger partial charge in [0.15, 0.2) is 0 Å². The number of rotatable bonds is 3. The molecular formula is C21H19ClN2O3. The molecule has 6 heteroatoms. The Morgan fingerprint density at radius 1 is 1.11 bits per heavy atom. The first-order valence-corrected chi connectivity index (χ1v) is 9.07. The molecule has 5 nitrogen and oxygen atoms in total. The van der Waals surface area contributed by atoms with Crippen molar-refractivity contribution in [2.75, 3.05) is 27.3 Å². The van der Waals surface area contributed by atoms with Gasteiger partial charge in [0.1, 0.15) is 18.0 Å². The summed E-state index contributed by atoms with van der Waals surface area (Å²) in [6.45, 7) is 0.615. The van der Waals surface area contributed by atoms with Crippen molar-refractivity contribution >= 4 is 28.9 Å². The Kier molecular flexibility index (Phi) is 4.62. The topological polar surface area (TPSA) is 51.1 Å². The number of hydrogen-bond acceptors (Lipinski definition) is 4. The number of halogens is 1. The van der Waals surface area contributed by atoms with Gasteiger partial charge in [0, 0.05) is 23.2 Å². The minimum Gasteiger partial charge on any atom is -0.497 e. The Labute approximate surface area is 162 Å². The molecule has 2 heterocycles. The monoisotopic (exact) mass is 382 g/mol. The highest BCUT2D eigenvalue weighted by Crippen LogP contribution is 2.39. The first kappa shape index (κ1) is 17.6. The van der Waals surface area contributed by atoms with Crippen LogP contribution in [0.1, 0.15) is 16.7 Å². The van der Waals surface area contributed by atoms with Gasteiger partial charge in [-0.05, 0) is 24.6 Å². The molecule has 0 aliphatic carbocycles. The summed E-state index contributed by atoms with van der Waals surface area (Å²) in [5.41, 5.74) is 4.08. The minimum atomic E-state index is -0.0606. The Morgan fingerprint density at radius 2 is 1.93 bits per heavy atom. The fraction of sp³-hybridized carbons (Fsp3) is 0.238. The number of methoxy groups -OCH3 is 2. The number of aliphatic imine (C=N–C) groups is 1. The summed E-state index contributed by atoms with van der Waals surface area (Å²) in [5, 5.41) is 0.461. The molecule has 2 aromatic carbocycles. The van der Waals surface area contributed by atoms with Crippen LogP contribution in [-0.4, -0.2) is 43.8 Å². The van der Waals surface area contributed by atoms with Crippen LogP contribution in [0.5, 0.6) is 11.5 Å². The summed E-state index contributed by atoms with van der Waals surface area (Å²) >= 11 is 6.85. The minimum absolute atomic E-state index is 0.0606. The predicted molar refractivity (Wildman–Crippen MR) is 106 cm³/mol. The molecule has 2 aliphatic heterocycles. The number of nitrogens with zero attached hydrogens (tertiary/aromatic N) is 2. The van der Waals surface area contributed by atoms with Crippen LogP contribution in [0.2, 0.25) is 0 Å². The van der Waals surface area contributed by atoms with Gasteiger partial charge in [0.2, 0.25) is 5.91 Å². The third kappa shape index (κ3) is 2.98. The second-order valence-electron chi connectivity index (χ2n) is 6.34. The van der Waals surface area contributed by atoms with Crippen molar-refractivity contribution in [3.8, 4) is 11.5 Å². The van der Waals surface area contributed by atoms with E-state index in [9.17, 15) is 4.79 Å². The second kappa shape index (κ2) is 7.08. The first-order chi connectivity index (χ1) is 13.1. The maximum atomic E-state index is 12.7. The number of carbonyl (C=O) groups is 1. The number of benzene rings is 2. The lowest BCUT2D eigenvalue weighted by Crippen LogP contribution is -2.36. The van der Waals surface area contributed by atoms with Crippen LogP contribution < -0.4 is 9.47 Å². The van der Waals surface area contributed by atoms with Gasteiger partial charge in [0.05, 0.1) is 30.7 Å². The summed E-state index contributed by atoms with van der Waals surface area (Å²) in [5.74, 6) is 1.46. The predicted octanol–water partition coefficient (Wildman–Crippen LogP) is 3.50. The number of fused-ring (bicyclic) bond motifs is 3. The second-order valence-corrected chi connectivity index (χ2v) is 6.72. The Bertz CT molecular complexity index is 981. The molecule has 0 fully saturated rings. The molecule has 2 aliphatic rings. The van der Waals surface area contributed by atoms with E-state index in [1.165, 1.54) is 0 Å². The van der Waals surface area contributed by atoms with Gasteiger partial charge >= 0.3 is 0 Å². The maximum absolute atomic E-state index is 12.7. The number of hydrogen-bond donors (Lipinski definition) is 0. The molecule has 0 unspecified atom stereocenters. The van der Waals surface area contributed by atoms with Gasteiger partial charge < -0.3 is 14.4 Å². The highest BCUT2D eigenvalue weighted by atomic mass is 35.5. The molecule has 1 amide bonds. The summed E-state index contributed by atoms with van der Waals surface area (Å²) in [7, 11) is 3.27. The van der Waals surface area contributed by atoms with Crippen LogP contribution in [0.15, 0.2) is 52.5 Å². The van der Waals surface area contributed by atoms with Crippen LogP contribution in [0.3, 0.4) is 0 Å². The van der Waals surface area contributed by atoms with E-state index >= 15 is 0 Å². The SMILES string of the molecule is COc1cccc(C2=NCC(=O)N3CCc4c(OC)cccc4C3=C2Cl)c1. The zero-order valence-electron chi connectivity index (χ0n) is 15.2. The van der Waals surface area contributed by atoms with E-state index in [4.69, 9.17) is 21.1 Å². The van der Waals surface area contributed by atoms with E-state index in [1.807, 2.05) is 42.5 Å². The van der Waals surface area contributed by atoms with E-state index < -0.39 is 0 Å². The highest BCUT2D eigenvalue weighted by molar-refractivity contribution is 6.49. The molecular weight excluding hydrogens is 364 g/mol. The summed E-state index contributed by atoms with van der Waals surface area (Å²) in [6.07, 6.45) is 0.716. The molecule has 0 N–H and O–H groups in total. The Morgan fingerprint density at radius 3 is 2.70 bits per heavy atom. The average Bonchev–Trinajstić information content (AvgIpc) is 2.84. The van der Waals surface area contributed by atoms with E-state index in [1.54, 1.807) is 19.1 Å². The number of allylic oxidation sites excluding steroid dienone is 1. The lowest BCUT2D eigenvalue weighted by molar-refractivity contribution is -0.126. The maximum Gasteiger partial charge on any atom is 0.248 e. The molecule has 4 rings (SSSR count). The van der Waals surface area contributed by atoms with Crippen LogP contribution in [0, 0.1) is 0 Å².